The molecule has 0 radical (unpaired) electrons. The smallest absolute Gasteiger partial charge is 0.212 e. The predicted octanol–water partition coefficient (Wildman–Crippen LogP) is 0.561. The number of rotatable bonds is 8. The van der Waals surface area contributed by atoms with Gasteiger partial charge in [0.15, 0.2) is 0 Å². The van der Waals surface area contributed by atoms with Crippen molar-refractivity contribution in [3.05, 3.63) is 0 Å². The summed E-state index contributed by atoms with van der Waals surface area (Å²) in [6.07, 6.45) is 2.36. The van der Waals surface area contributed by atoms with Crippen molar-refractivity contribution < 1.29 is 8.42 Å². The molecule has 5 heteroatoms. The lowest BCUT2D eigenvalue weighted by Gasteiger charge is -2.11. The van der Waals surface area contributed by atoms with Crippen LogP contribution in [0.4, 0.5) is 0 Å². The van der Waals surface area contributed by atoms with Crippen LogP contribution in [-0.2, 0) is 10.0 Å². The molecule has 0 rings (SSSR count). The van der Waals surface area contributed by atoms with E-state index in [1.807, 2.05) is 0 Å². The molecule has 2 N–H and O–H groups in total. The van der Waals surface area contributed by atoms with Crippen LogP contribution in [0.25, 0.3) is 0 Å². The van der Waals surface area contributed by atoms with Gasteiger partial charge in [0.25, 0.3) is 0 Å². The summed E-state index contributed by atoms with van der Waals surface area (Å²) in [5.74, 6) is 0.778. The zero-order valence-corrected chi connectivity index (χ0v) is 10.2. The summed E-state index contributed by atoms with van der Waals surface area (Å²) < 4.78 is 24.3. The summed E-state index contributed by atoms with van der Waals surface area (Å²) in [5, 5.41) is 3.14. The van der Waals surface area contributed by atoms with Gasteiger partial charge in [-0.2, -0.15) is 0 Å². The van der Waals surface area contributed by atoms with Crippen LogP contribution < -0.4 is 10.0 Å². The van der Waals surface area contributed by atoms with Crippen LogP contribution in [0.5, 0.6) is 0 Å². The van der Waals surface area contributed by atoms with Gasteiger partial charge in [0, 0.05) is 6.54 Å². The quantitative estimate of drug-likeness (QED) is 0.590. The van der Waals surface area contributed by atoms with Crippen LogP contribution in [0.1, 0.15) is 26.7 Å². The Bertz CT molecular complexity index is 227. The fraction of sp³-hybridized carbons (Fsp3) is 1.00. The van der Waals surface area contributed by atoms with Gasteiger partial charge < -0.3 is 5.32 Å². The highest BCUT2D eigenvalue weighted by Crippen LogP contribution is 2.02. The summed E-state index contributed by atoms with van der Waals surface area (Å²) in [6, 6.07) is 0. The molecule has 0 aromatic carbocycles. The number of hydrogen-bond acceptors (Lipinski definition) is 3. The molecule has 0 aromatic heterocycles. The third kappa shape index (κ3) is 7.29. The Morgan fingerprint density at radius 2 is 2.00 bits per heavy atom. The molecule has 86 valence electrons. The molecule has 0 saturated carbocycles. The Balaban J connectivity index is 3.47. The summed E-state index contributed by atoms with van der Waals surface area (Å²) in [5.41, 5.74) is 0. The molecule has 1 atom stereocenters. The van der Waals surface area contributed by atoms with E-state index in [0.29, 0.717) is 12.5 Å². The zero-order valence-electron chi connectivity index (χ0n) is 9.34. The normalized spacial score (nSPS) is 14.2. The highest BCUT2D eigenvalue weighted by atomic mass is 32.2. The minimum Gasteiger partial charge on any atom is -0.315 e. The highest BCUT2D eigenvalue weighted by molar-refractivity contribution is 7.89. The maximum atomic E-state index is 11.0. The van der Waals surface area contributed by atoms with Gasteiger partial charge in [-0.05, 0) is 25.9 Å². The summed E-state index contributed by atoms with van der Waals surface area (Å²) >= 11 is 0. The molecule has 0 aromatic rings. The van der Waals surface area contributed by atoms with Crippen LogP contribution in [0.15, 0.2) is 0 Å². The SMILES string of the molecule is CCCC(C)CNCCS(=O)(=O)NC. The van der Waals surface area contributed by atoms with Crippen LogP contribution in [0.2, 0.25) is 0 Å². The molecule has 0 amide bonds. The first-order chi connectivity index (χ1) is 6.52. The van der Waals surface area contributed by atoms with Gasteiger partial charge >= 0.3 is 0 Å². The van der Waals surface area contributed by atoms with Crippen molar-refractivity contribution in [3.8, 4) is 0 Å². The molecule has 0 saturated heterocycles. The first kappa shape index (κ1) is 13.9. The lowest BCUT2D eigenvalue weighted by atomic mass is 10.1. The van der Waals surface area contributed by atoms with Crippen molar-refractivity contribution in [3.63, 3.8) is 0 Å². The Morgan fingerprint density at radius 3 is 2.50 bits per heavy atom. The first-order valence-electron chi connectivity index (χ1n) is 5.13. The highest BCUT2D eigenvalue weighted by Gasteiger charge is 2.06. The molecule has 0 heterocycles. The lowest BCUT2D eigenvalue weighted by Crippen LogP contribution is -2.31. The van der Waals surface area contributed by atoms with E-state index < -0.39 is 10.0 Å². The molecule has 0 aliphatic rings. The maximum absolute atomic E-state index is 11.0. The van der Waals surface area contributed by atoms with E-state index in [2.05, 4.69) is 23.9 Å². The van der Waals surface area contributed by atoms with E-state index >= 15 is 0 Å². The Hall–Kier alpha value is -0.130. The van der Waals surface area contributed by atoms with Crippen molar-refractivity contribution in [1.29, 1.82) is 0 Å². The zero-order chi connectivity index (χ0) is 11.0. The van der Waals surface area contributed by atoms with Crippen molar-refractivity contribution in [2.45, 2.75) is 26.7 Å². The van der Waals surface area contributed by atoms with Gasteiger partial charge in [-0.1, -0.05) is 20.3 Å². The Kier molecular flexibility index (Phi) is 7.13. The Labute approximate surface area is 87.5 Å². The molecular weight excluding hydrogens is 200 g/mol. The number of nitrogens with one attached hydrogen (secondary N) is 2. The van der Waals surface area contributed by atoms with Gasteiger partial charge in [0.1, 0.15) is 0 Å². The van der Waals surface area contributed by atoms with Crippen molar-refractivity contribution in [2.24, 2.45) is 5.92 Å². The fourth-order valence-corrected chi connectivity index (χ4v) is 1.87. The van der Waals surface area contributed by atoms with Gasteiger partial charge in [-0.3, -0.25) is 0 Å². The van der Waals surface area contributed by atoms with Crippen molar-refractivity contribution in [1.82, 2.24) is 10.0 Å². The summed E-state index contributed by atoms with van der Waals surface area (Å²) in [4.78, 5) is 0. The van der Waals surface area contributed by atoms with E-state index in [4.69, 9.17) is 0 Å². The second-order valence-corrected chi connectivity index (χ2v) is 5.67. The van der Waals surface area contributed by atoms with Crippen LogP contribution in [-0.4, -0.2) is 34.3 Å². The van der Waals surface area contributed by atoms with Crippen LogP contribution in [0.3, 0.4) is 0 Å². The van der Waals surface area contributed by atoms with E-state index in [9.17, 15) is 8.42 Å². The fourth-order valence-electron chi connectivity index (χ4n) is 1.25. The third-order valence-corrected chi connectivity index (χ3v) is 3.50. The Morgan fingerprint density at radius 1 is 1.36 bits per heavy atom. The molecule has 4 nitrogen and oxygen atoms in total. The second kappa shape index (κ2) is 7.20. The van der Waals surface area contributed by atoms with Crippen molar-refractivity contribution in [2.75, 3.05) is 25.9 Å². The van der Waals surface area contributed by atoms with Gasteiger partial charge in [-0.25, -0.2) is 13.1 Å². The monoisotopic (exact) mass is 222 g/mol. The number of sulfonamides is 1. The number of hydrogen-bond donors (Lipinski definition) is 2. The summed E-state index contributed by atoms with van der Waals surface area (Å²) in [7, 11) is -1.60. The average Bonchev–Trinajstić information content (AvgIpc) is 2.13. The predicted molar refractivity (Wildman–Crippen MR) is 59.8 cm³/mol. The van der Waals surface area contributed by atoms with Gasteiger partial charge in [-0.15, -0.1) is 0 Å². The van der Waals surface area contributed by atoms with Gasteiger partial charge in [0.05, 0.1) is 5.75 Å². The minimum absolute atomic E-state index is 0.155. The molecule has 0 spiro atoms. The molecule has 0 aliphatic carbocycles. The largest absolute Gasteiger partial charge is 0.315 e. The molecule has 14 heavy (non-hydrogen) atoms. The molecule has 1 unspecified atom stereocenters. The average molecular weight is 222 g/mol. The summed E-state index contributed by atoms with van der Waals surface area (Å²) in [6.45, 7) is 5.75. The molecular formula is C9H22N2O2S. The van der Waals surface area contributed by atoms with E-state index in [1.54, 1.807) is 0 Å². The maximum Gasteiger partial charge on any atom is 0.212 e. The van der Waals surface area contributed by atoms with Gasteiger partial charge in [0.2, 0.25) is 10.0 Å². The van der Waals surface area contributed by atoms with E-state index in [1.165, 1.54) is 19.9 Å². The van der Waals surface area contributed by atoms with Crippen molar-refractivity contribution >= 4 is 10.0 Å². The standard InChI is InChI=1S/C9H22N2O2S/c1-4-5-9(2)8-11-6-7-14(12,13)10-3/h9-11H,4-8H2,1-3H3. The lowest BCUT2D eigenvalue weighted by molar-refractivity contribution is 0.482. The first-order valence-corrected chi connectivity index (χ1v) is 6.79. The molecule has 0 bridgehead atoms. The topological polar surface area (TPSA) is 58.2 Å². The third-order valence-electron chi connectivity index (χ3n) is 2.13. The second-order valence-electron chi connectivity index (χ2n) is 3.62. The minimum atomic E-state index is -3.04. The van der Waals surface area contributed by atoms with Crippen LogP contribution in [0, 0.1) is 5.92 Å². The molecule has 0 fully saturated rings. The van der Waals surface area contributed by atoms with E-state index in [-0.39, 0.29) is 5.75 Å². The van der Waals surface area contributed by atoms with E-state index in [0.717, 1.165) is 6.54 Å². The molecule has 0 aliphatic heterocycles. The van der Waals surface area contributed by atoms with Crippen LogP contribution >= 0.6 is 0 Å².